The molecule has 3 heteroatoms. The summed E-state index contributed by atoms with van der Waals surface area (Å²) >= 11 is 0. The van der Waals surface area contributed by atoms with Gasteiger partial charge in [-0.25, -0.2) is 0 Å². The second-order valence-electron chi connectivity index (χ2n) is 2.97. The minimum Gasteiger partial charge on any atom is -0.383 e. The van der Waals surface area contributed by atoms with Gasteiger partial charge in [-0.2, -0.15) is 0 Å². The molecule has 0 saturated heterocycles. The summed E-state index contributed by atoms with van der Waals surface area (Å²) < 4.78 is 0. The van der Waals surface area contributed by atoms with Gasteiger partial charge in [0.2, 0.25) is 0 Å². The Balaban J connectivity index is 2.46. The van der Waals surface area contributed by atoms with Crippen molar-refractivity contribution >= 4 is 5.91 Å². The maximum absolute atomic E-state index is 11.4. The smallest absolute Gasteiger partial charge is 0.251 e. The summed E-state index contributed by atoms with van der Waals surface area (Å²) in [5.41, 5.74) is 0. The molecule has 1 heterocycles. The van der Waals surface area contributed by atoms with Gasteiger partial charge in [0, 0.05) is 13.1 Å². The van der Waals surface area contributed by atoms with Crippen LogP contribution < -0.4 is 0 Å². The van der Waals surface area contributed by atoms with Crippen molar-refractivity contribution in [1.82, 2.24) is 4.90 Å². The van der Waals surface area contributed by atoms with Gasteiger partial charge in [-0.15, -0.1) is 0 Å². The van der Waals surface area contributed by atoms with Crippen LogP contribution in [0.25, 0.3) is 0 Å². The number of nitrogens with zero attached hydrogens (tertiary/aromatic N) is 1. The average molecular weight is 169 g/mol. The van der Waals surface area contributed by atoms with Crippen molar-refractivity contribution in [2.24, 2.45) is 0 Å². The van der Waals surface area contributed by atoms with Gasteiger partial charge >= 0.3 is 0 Å². The van der Waals surface area contributed by atoms with E-state index in [1.165, 1.54) is 0 Å². The van der Waals surface area contributed by atoms with Gasteiger partial charge in [0.1, 0.15) is 6.10 Å². The number of carbonyl (C=O) groups excluding carboxylic acids is 1. The van der Waals surface area contributed by atoms with E-state index in [0.717, 1.165) is 13.0 Å². The normalized spacial score (nSPS) is 19.3. The van der Waals surface area contributed by atoms with E-state index < -0.39 is 6.10 Å². The fraction of sp³-hybridized carbons (Fsp3) is 0.667. The van der Waals surface area contributed by atoms with Crippen molar-refractivity contribution in [2.45, 2.75) is 25.9 Å². The summed E-state index contributed by atoms with van der Waals surface area (Å²) in [6, 6.07) is 0. The van der Waals surface area contributed by atoms with Crippen molar-refractivity contribution < 1.29 is 9.90 Å². The SMILES string of the molecule is CCC(O)C(=O)N1CC=CCC1. The largest absolute Gasteiger partial charge is 0.383 e. The number of amides is 1. The lowest BCUT2D eigenvalue weighted by molar-refractivity contribution is -0.139. The van der Waals surface area contributed by atoms with Crippen molar-refractivity contribution in [3.8, 4) is 0 Å². The van der Waals surface area contributed by atoms with E-state index in [1.807, 2.05) is 13.0 Å². The molecular weight excluding hydrogens is 154 g/mol. The van der Waals surface area contributed by atoms with Gasteiger partial charge in [-0.05, 0) is 12.8 Å². The highest BCUT2D eigenvalue weighted by Gasteiger charge is 2.19. The van der Waals surface area contributed by atoms with Crippen LogP contribution in [0.4, 0.5) is 0 Å². The van der Waals surface area contributed by atoms with E-state index in [2.05, 4.69) is 6.08 Å². The van der Waals surface area contributed by atoms with Crippen LogP contribution in [0.2, 0.25) is 0 Å². The molecule has 0 fully saturated rings. The Kier molecular flexibility index (Phi) is 3.29. The maximum Gasteiger partial charge on any atom is 0.251 e. The summed E-state index contributed by atoms with van der Waals surface area (Å²) in [6.07, 6.45) is 4.61. The molecule has 0 bridgehead atoms. The second kappa shape index (κ2) is 4.26. The third kappa shape index (κ3) is 2.08. The predicted octanol–water partition coefficient (Wildman–Crippen LogP) is 0.546. The fourth-order valence-corrected chi connectivity index (χ4v) is 1.23. The zero-order chi connectivity index (χ0) is 8.97. The number of hydrogen-bond donors (Lipinski definition) is 1. The van der Waals surface area contributed by atoms with Crippen molar-refractivity contribution in [3.05, 3.63) is 12.2 Å². The molecule has 1 atom stereocenters. The van der Waals surface area contributed by atoms with Crippen LogP contribution >= 0.6 is 0 Å². The average Bonchev–Trinajstić information content (AvgIpc) is 2.17. The molecule has 3 nitrogen and oxygen atoms in total. The summed E-state index contributed by atoms with van der Waals surface area (Å²) in [4.78, 5) is 13.1. The number of carbonyl (C=O) groups is 1. The van der Waals surface area contributed by atoms with Gasteiger partial charge in [0.05, 0.1) is 0 Å². The molecule has 1 amide bonds. The van der Waals surface area contributed by atoms with E-state index >= 15 is 0 Å². The van der Waals surface area contributed by atoms with Crippen molar-refractivity contribution in [3.63, 3.8) is 0 Å². The standard InChI is InChI=1S/C9H15NO2/c1-2-8(11)9(12)10-6-4-3-5-7-10/h3-4,8,11H,2,5-7H2,1H3. The number of hydrogen-bond acceptors (Lipinski definition) is 2. The third-order valence-corrected chi connectivity index (χ3v) is 2.04. The van der Waals surface area contributed by atoms with Gasteiger partial charge in [-0.1, -0.05) is 19.1 Å². The number of rotatable bonds is 2. The molecule has 1 unspecified atom stereocenters. The van der Waals surface area contributed by atoms with Crippen LogP contribution in [-0.2, 0) is 4.79 Å². The zero-order valence-corrected chi connectivity index (χ0v) is 7.36. The van der Waals surface area contributed by atoms with E-state index in [1.54, 1.807) is 4.90 Å². The van der Waals surface area contributed by atoms with Crippen LogP contribution in [0.5, 0.6) is 0 Å². The zero-order valence-electron chi connectivity index (χ0n) is 7.36. The molecule has 1 N–H and O–H groups in total. The molecule has 0 aromatic heterocycles. The first-order valence-corrected chi connectivity index (χ1v) is 4.37. The number of aliphatic hydroxyl groups is 1. The molecule has 0 radical (unpaired) electrons. The topological polar surface area (TPSA) is 40.5 Å². The maximum atomic E-state index is 11.4. The Labute approximate surface area is 72.7 Å². The molecular formula is C9H15NO2. The quantitative estimate of drug-likeness (QED) is 0.613. The van der Waals surface area contributed by atoms with Crippen LogP contribution in [0.1, 0.15) is 19.8 Å². The molecule has 0 spiro atoms. The first-order chi connectivity index (χ1) is 5.75. The van der Waals surface area contributed by atoms with Gasteiger partial charge < -0.3 is 10.0 Å². The van der Waals surface area contributed by atoms with Crippen LogP contribution in [0.3, 0.4) is 0 Å². The summed E-state index contributed by atoms with van der Waals surface area (Å²) in [5.74, 6) is -0.137. The van der Waals surface area contributed by atoms with E-state index in [0.29, 0.717) is 13.0 Å². The number of aliphatic hydroxyl groups excluding tert-OH is 1. The molecule has 1 aliphatic heterocycles. The van der Waals surface area contributed by atoms with Gasteiger partial charge in [0.25, 0.3) is 5.91 Å². The molecule has 0 aliphatic carbocycles. The first kappa shape index (κ1) is 9.26. The highest BCUT2D eigenvalue weighted by molar-refractivity contribution is 5.80. The molecule has 1 aliphatic rings. The van der Waals surface area contributed by atoms with Crippen LogP contribution in [0.15, 0.2) is 12.2 Å². The van der Waals surface area contributed by atoms with Crippen LogP contribution in [-0.4, -0.2) is 35.1 Å². The highest BCUT2D eigenvalue weighted by atomic mass is 16.3. The lowest BCUT2D eigenvalue weighted by Gasteiger charge is -2.25. The Morgan fingerprint density at radius 2 is 2.42 bits per heavy atom. The van der Waals surface area contributed by atoms with Gasteiger partial charge in [0.15, 0.2) is 0 Å². The Morgan fingerprint density at radius 1 is 1.67 bits per heavy atom. The molecule has 12 heavy (non-hydrogen) atoms. The fourth-order valence-electron chi connectivity index (χ4n) is 1.23. The second-order valence-corrected chi connectivity index (χ2v) is 2.97. The summed E-state index contributed by atoms with van der Waals surface area (Å²) in [6.45, 7) is 3.20. The third-order valence-electron chi connectivity index (χ3n) is 2.04. The minimum absolute atomic E-state index is 0.137. The summed E-state index contributed by atoms with van der Waals surface area (Å²) in [7, 11) is 0. The lowest BCUT2D eigenvalue weighted by Crippen LogP contribution is -2.40. The Bertz CT molecular complexity index is 189. The predicted molar refractivity (Wildman–Crippen MR) is 46.6 cm³/mol. The Morgan fingerprint density at radius 3 is 2.92 bits per heavy atom. The lowest BCUT2D eigenvalue weighted by atomic mass is 10.2. The summed E-state index contributed by atoms with van der Waals surface area (Å²) in [5, 5.41) is 9.26. The monoisotopic (exact) mass is 169 g/mol. The minimum atomic E-state index is -0.809. The van der Waals surface area contributed by atoms with Crippen molar-refractivity contribution in [1.29, 1.82) is 0 Å². The molecule has 0 aromatic carbocycles. The molecule has 0 saturated carbocycles. The van der Waals surface area contributed by atoms with E-state index in [4.69, 9.17) is 0 Å². The molecule has 1 rings (SSSR count). The van der Waals surface area contributed by atoms with E-state index in [-0.39, 0.29) is 5.91 Å². The van der Waals surface area contributed by atoms with E-state index in [9.17, 15) is 9.90 Å². The van der Waals surface area contributed by atoms with Crippen LogP contribution in [0, 0.1) is 0 Å². The van der Waals surface area contributed by atoms with Crippen molar-refractivity contribution in [2.75, 3.05) is 13.1 Å². The molecule has 0 aromatic rings. The first-order valence-electron chi connectivity index (χ1n) is 4.37. The van der Waals surface area contributed by atoms with Gasteiger partial charge in [-0.3, -0.25) is 4.79 Å². The Hall–Kier alpha value is -0.830. The molecule has 68 valence electrons. The highest BCUT2D eigenvalue weighted by Crippen LogP contribution is 2.05.